The maximum atomic E-state index is 11.9. The average Bonchev–Trinajstić information content (AvgIpc) is 2.99. The van der Waals surface area contributed by atoms with Crippen LogP contribution >= 0.6 is 12.4 Å². The van der Waals surface area contributed by atoms with Crippen molar-refractivity contribution in [3.8, 4) is 5.75 Å². The van der Waals surface area contributed by atoms with Gasteiger partial charge in [0.1, 0.15) is 5.75 Å². The van der Waals surface area contributed by atoms with Gasteiger partial charge in [-0.15, -0.1) is 12.4 Å². The van der Waals surface area contributed by atoms with E-state index in [1.54, 1.807) is 0 Å². The number of anilines is 1. The van der Waals surface area contributed by atoms with Gasteiger partial charge in [-0.05, 0) is 43.1 Å². The molecule has 0 aliphatic carbocycles. The van der Waals surface area contributed by atoms with Crippen molar-refractivity contribution in [2.75, 3.05) is 18.5 Å². The van der Waals surface area contributed by atoms with Gasteiger partial charge in [0.05, 0.1) is 12.6 Å². The Kier molecular flexibility index (Phi) is 4.09. The molecule has 5 heteroatoms. The van der Waals surface area contributed by atoms with E-state index < -0.39 is 0 Å². The number of benzene rings is 1. The van der Waals surface area contributed by atoms with Crippen LogP contribution in [0.3, 0.4) is 0 Å². The van der Waals surface area contributed by atoms with Crippen LogP contribution in [0, 0.1) is 0 Å². The first kappa shape index (κ1) is 13.2. The molecule has 0 radical (unpaired) electrons. The summed E-state index contributed by atoms with van der Waals surface area (Å²) >= 11 is 0. The van der Waals surface area contributed by atoms with Crippen molar-refractivity contribution in [1.82, 2.24) is 5.32 Å². The Hall–Kier alpha value is -1.26. The minimum atomic E-state index is -0.0282. The third-order valence-corrected chi connectivity index (χ3v) is 3.33. The highest BCUT2D eigenvalue weighted by atomic mass is 35.5. The predicted molar refractivity (Wildman–Crippen MR) is 72.5 cm³/mol. The molecule has 0 saturated carbocycles. The van der Waals surface area contributed by atoms with Crippen molar-refractivity contribution in [1.29, 1.82) is 0 Å². The molecule has 1 saturated heterocycles. The van der Waals surface area contributed by atoms with Gasteiger partial charge in [0, 0.05) is 12.1 Å². The fraction of sp³-hybridized carbons (Fsp3) is 0.462. The fourth-order valence-electron chi connectivity index (χ4n) is 2.40. The molecule has 0 unspecified atom stereocenters. The molecular formula is C13H17ClN2O2. The zero-order valence-corrected chi connectivity index (χ0v) is 10.9. The molecule has 0 spiro atoms. The van der Waals surface area contributed by atoms with Crippen molar-refractivity contribution in [3.63, 3.8) is 0 Å². The molecule has 0 aromatic heterocycles. The van der Waals surface area contributed by atoms with E-state index in [0.29, 0.717) is 0 Å². The Morgan fingerprint density at radius 3 is 3.11 bits per heavy atom. The van der Waals surface area contributed by atoms with Crippen molar-refractivity contribution < 1.29 is 9.53 Å². The number of carbonyl (C=O) groups excluding carboxylic acids is 1. The normalized spacial score (nSPS) is 20.8. The van der Waals surface area contributed by atoms with Crippen LogP contribution in [0.25, 0.3) is 0 Å². The smallest absolute Gasteiger partial charge is 0.241 e. The predicted octanol–water partition coefficient (Wildman–Crippen LogP) is 1.73. The van der Waals surface area contributed by atoms with Crippen LogP contribution in [0.4, 0.5) is 5.69 Å². The quantitative estimate of drug-likeness (QED) is 0.859. The van der Waals surface area contributed by atoms with Crippen molar-refractivity contribution in [3.05, 3.63) is 23.8 Å². The Morgan fingerprint density at radius 1 is 1.44 bits per heavy atom. The number of rotatable bonds is 2. The lowest BCUT2D eigenvalue weighted by molar-refractivity contribution is -0.117. The molecule has 0 bridgehead atoms. The van der Waals surface area contributed by atoms with Crippen molar-refractivity contribution in [2.24, 2.45) is 0 Å². The number of amides is 1. The largest absolute Gasteiger partial charge is 0.493 e. The Balaban J connectivity index is 0.00000120. The molecule has 1 amide bonds. The van der Waals surface area contributed by atoms with Gasteiger partial charge in [0.25, 0.3) is 0 Å². The topological polar surface area (TPSA) is 50.4 Å². The summed E-state index contributed by atoms with van der Waals surface area (Å²) in [5.41, 5.74) is 2.05. The lowest BCUT2D eigenvalue weighted by Crippen LogP contribution is -2.35. The second-order valence-corrected chi connectivity index (χ2v) is 4.56. The number of halogens is 1. The van der Waals surface area contributed by atoms with Crippen molar-refractivity contribution in [2.45, 2.75) is 25.3 Å². The summed E-state index contributed by atoms with van der Waals surface area (Å²) in [4.78, 5) is 11.9. The summed E-state index contributed by atoms with van der Waals surface area (Å²) in [5.74, 6) is 1.02. The van der Waals surface area contributed by atoms with Gasteiger partial charge in [-0.3, -0.25) is 4.79 Å². The van der Waals surface area contributed by atoms with Gasteiger partial charge in [0.2, 0.25) is 5.91 Å². The summed E-state index contributed by atoms with van der Waals surface area (Å²) in [6.45, 7) is 1.69. The third-order valence-electron chi connectivity index (χ3n) is 3.33. The van der Waals surface area contributed by atoms with Crippen LogP contribution < -0.4 is 15.4 Å². The molecular weight excluding hydrogens is 252 g/mol. The monoisotopic (exact) mass is 268 g/mol. The second-order valence-electron chi connectivity index (χ2n) is 4.56. The molecule has 1 aromatic rings. The van der Waals surface area contributed by atoms with Crippen LogP contribution in [0.15, 0.2) is 18.2 Å². The van der Waals surface area contributed by atoms with Gasteiger partial charge in [-0.1, -0.05) is 0 Å². The van der Waals surface area contributed by atoms with E-state index in [9.17, 15) is 4.79 Å². The van der Waals surface area contributed by atoms with E-state index in [1.165, 1.54) is 5.56 Å². The van der Waals surface area contributed by atoms with Gasteiger partial charge >= 0.3 is 0 Å². The molecule has 2 aliphatic rings. The highest BCUT2D eigenvalue weighted by Crippen LogP contribution is 2.27. The van der Waals surface area contributed by atoms with E-state index >= 15 is 0 Å². The van der Waals surface area contributed by atoms with Gasteiger partial charge in [-0.2, -0.15) is 0 Å². The maximum absolute atomic E-state index is 11.9. The number of carbonyl (C=O) groups is 1. The van der Waals surface area contributed by atoms with E-state index in [0.717, 1.165) is 43.9 Å². The lowest BCUT2D eigenvalue weighted by Gasteiger charge is -2.11. The molecule has 2 heterocycles. The van der Waals surface area contributed by atoms with E-state index in [1.807, 2.05) is 18.2 Å². The molecule has 98 valence electrons. The minimum Gasteiger partial charge on any atom is -0.493 e. The first-order valence-electron chi connectivity index (χ1n) is 6.13. The summed E-state index contributed by atoms with van der Waals surface area (Å²) in [6.07, 6.45) is 2.94. The van der Waals surface area contributed by atoms with Gasteiger partial charge < -0.3 is 15.4 Å². The van der Waals surface area contributed by atoms with E-state index in [4.69, 9.17) is 4.74 Å². The SMILES string of the molecule is Cl.O=C(Nc1ccc2c(c1)CCO2)[C@@H]1CCCN1. The summed E-state index contributed by atoms with van der Waals surface area (Å²) in [5, 5.41) is 6.15. The van der Waals surface area contributed by atoms with Crippen LogP contribution in [-0.2, 0) is 11.2 Å². The Labute approximate surface area is 113 Å². The molecule has 1 aromatic carbocycles. The molecule has 1 fully saturated rings. The van der Waals surface area contributed by atoms with Gasteiger partial charge in [0.15, 0.2) is 0 Å². The number of fused-ring (bicyclic) bond motifs is 1. The Morgan fingerprint density at radius 2 is 2.33 bits per heavy atom. The zero-order chi connectivity index (χ0) is 11.7. The lowest BCUT2D eigenvalue weighted by atomic mass is 10.1. The number of hydrogen-bond donors (Lipinski definition) is 2. The first-order valence-corrected chi connectivity index (χ1v) is 6.13. The number of ether oxygens (including phenoxy) is 1. The number of hydrogen-bond acceptors (Lipinski definition) is 3. The molecule has 4 nitrogen and oxygen atoms in total. The highest BCUT2D eigenvalue weighted by molar-refractivity contribution is 5.95. The van der Waals surface area contributed by atoms with Crippen LogP contribution in [0.5, 0.6) is 5.75 Å². The van der Waals surface area contributed by atoms with E-state index in [-0.39, 0.29) is 24.4 Å². The van der Waals surface area contributed by atoms with Crippen molar-refractivity contribution >= 4 is 24.0 Å². The molecule has 2 N–H and O–H groups in total. The fourth-order valence-corrected chi connectivity index (χ4v) is 2.40. The van der Waals surface area contributed by atoms with Crippen LogP contribution in [0.1, 0.15) is 18.4 Å². The summed E-state index contributed by atoms with van der Waals surface area (Å²) < 4.78 is 5.43. The van der Waals surface area contributed by atoms with Gasteiger partial charge in [-0.25, -0.2) is 0 Å². The molecule has 1 atom stereocenters. The van der Waals surface area contributed by atoms with Crippen LogP contribution in [0.2, 0.25) is 0 Å². The third kappa shape index (κ3) is 2.60. The Bertz CT molecular complexity index is 445. The highest BCUT2D eigenvalue weighted by Gasteiger charge is 2.22. The maximum Gasteiger partial charge on any atom is 0.241 e. The van der Waals surface area contributed by atoms with E-state index in [2.05, 4.69) is 10.6 Å². The summed E-state index contributed by atoms with van der Waals surface area (Å²) in [6, 6.07) is 5.81. The standard InChI is InChI=1S/C13H16N2O2.ClH/c16-13(11-2-1-6-14-11)15-10-3-4-12-9(8-10)5-7-17-12;/h3-4,8,11,14H,1-2,5-7H2,(H,15,16);1H/t11-;/m0./s1. The minimum absolute atomic E-state index is 0. The first-order chi connectivity index (χ1) is 8.33. The molecule has 18 heavy (non-hydrogen) atoms. The summed E-state index contributed by atoms with van der Waals surface area (Å²) in [7, 11) is 0. The average molecular weight is 269 g/mol. The molecule has 3 rings (SSSR count). The number of nitrogens with one attached hydrogen (secondary N) is 2. The van der Waals surface area contributed by atoms with Crippen LogP contribution in [-0.4, -0.2) is 25.1 Å². The second kappa shape index (κ2) is 5.59. The molecule has 2 aliphatic heterocycles. The zero-order valence-electron chi connectivity index (χ0n) is 10.1.